The molecule has 22 heavy (non-hydrogen) atoms. The first-order valence-corrected chi connectivity index (χ1v) is 8.35. The molecule has 112 valence electrons. The van der Waals surface area contributed by atoms with Crippen molar-refractivity contribution in [1.29, 1.82) is 0 Å². The summed E-state index contributed by atoms with van der Waals surface area (Å²) >= 11 is 1.74. The highest BCUT2D eigenvalue weighted by atomic mass is 32.1. The van der Waals surface area contributed by atoms with Gasteiger partial charge in [-0.25, -0.2) is 0 Å². The van der Waals surface area contributed by atoms with Gasteiger partial charge in [-0.1, -0.05) is 49.4 Å². The van der Waals surface area contributed by atoms with Crippen LogP contribution < -0.4 is 5.32 Å². The quantitative estimate of drug-likeness (QED) is 0.677. The van der Waals surface area contributed by atoms with Gasteiger partial charge in [0.05, 0.1) is 5.00 Å². The first kappa shape index (κ1) is 14.8. The second-order valence-corrected chi connectivity index (χ2v) is 6.43. The summed E-state index contributed by atoms with van der Waals surface area (Å²) in [4.78, 5) is 14.1. The van der Waals surface area contributed by atoms with Crippen LogP contribution in [0.3, 0.4) is 0 Å². The minimum absolute atomic E-state index is 0.175. The van der Waals surface area contributed by atoms with Gasteiger partial charge >= 0.3 is 0 Å². The van der Waals surface area contributed by atoms with Gasteiger partial charge in [-0.05, 0) is 28.8 Å². The maximum Gasteiger partial charge on any atom is 0.167 e. The molecule has 0 bridgehead atoms. The first-order valence-electron chi connectivity index (χ1n) is 7.53. The lowest BCUT2D eigenvalue weighted by atomic mass is 9.98. The fraction of sp³-hybridized carbons (Fsp3) is 0.211. The van der Waals surface area contributed by atoms with Gasteiger partial charge in [0.15, 0.2) is 5.78 Å². The third-order valence-electron chi connectivity index (χ3n) is 3.88. The van der Waals surface area contributed by atoms with Gasteiger partial charge in [0.1, 0.15) is 0 Å². The summed E-state index contributed by atoms with van der Waals surface area (Å²) in [6, 6.07) is 16.1. The van der Waals surface area contributed by atoms with Crippen LogP contribution in [0.2, 0.25) is 0 Å². The van der Waals surface area contributed by atoms with Crippen molar-refractivity contribution in [3.05, 3.63) is 64.5 Å². The minimum atomic E-state index is 0.175. The number of rotatable bonds is 5. The summed E-state index contributed by atoms with van der Waals surface area (Å²) in [6.07, 6.45) is 1.45. The zero-order chi connectivity index (χ0) is 15.5. The Balaban J connectivity index is 1.95. The predicted octanol–water partition coefficient (Wildman–Crippen LogP) is 4.93. The minimum Gasteiger partial charge on any atom is -0.380 e. The number of fused-ring (bicyclic) bond motifs is 1. The van der Waals surface area contributed by atoms with Crippen molar-refractivity contribution in [3.63, 3.8) is 0 Å². The maximum atomic E-state index is 12.8. The smallest absolute Gasteiger partial charge is 0.167 e. The van der Waals surface area contributed by atoms with Crippen molar-refractivity contribution in [2.45, 2.75) is 19.8 Å². The van der Waals surface area contributed by atoms with Crippen LogP contribution in [0.1, 0.15) is 27.7 Å². The Labute approximate surface area is 134 Å². The molecule has 0 amide bonds. The third kappa shape index (κ3) is 2.77. The summed E-state index contributed by atoms with van der Waals surface area (Å²) in [5.41, 5.74) is 1.91. The van der Waals surface area contributed by atoms with Gasteiger partial charge in [-0.15, -0.1) is 11.3 Å². The van der Waals surface area contributed by atoms with Crippen molar-refractivity contribution in [1.82, 2.24) is 0 Å². The summed E-state index contributed by atoms with van der Waals surface area (Å²) < 4.78 is 0. The van der Waals surface area contributed by atoms with Gasteiger partial charge in [0.2, 0.25) is 0 Å². The van der Waals surface area contributed by atoms with E-state index in [-0.39, 0.29) is 5.78 Å². The number of benzene rings is 2. The number of ketones is 1. The number of hydrogen-bond donors (Lipinski definition) is 1. The Bertz CT molecular complexity index is 814. The molecule has 0 aliphatic carbocycles. The Morgan fingerprint density at radius 2 is 1.91 bits per heavy atom. The molecular formula is C19H19NOS. The molecule has 2 aromatic carbocycles. The number of aryl methyl sites for hydroxylation is 1. The van der Waals surface area contributed by atoms with Gasteiger partial charge in [-0.3, -0.25) is 4.79 Å². The van der Waals surface area contributed by atoms with E-state index in [1.54, 1.807) is 11.3 Å². The van der Waals surface area contributed by atoms with E-state index in [9.17, 15) is 4.79 Å². The lowest BCUT2D eigenvalue weighted by Crippen LogP contribution is -2.05. The van der Waals surface area contributed by atoms with Crippen molar-refractivity contribution in [2.24, 2.45) is 0 Å². The number of carbonyl (C=O) groups is 1. The average molecular weight is 309 g/mol. The zero-order valence-electron chi connectivity index (χ0n) is 12.8. The molecule has 3 heteroatoms. The molecule has 0 saturated carbocycles. The Morgan fingerprint density at radius 1 is 1.14 bits per heavy atom. The molecule has 0 atom stereocenters. The van der Waals surface area contributed by atoms with E-state index >= 15 is 0 Å². The second-order valence-electron chi connectivity index (χ2n) is 5.30. The molecule has 0 aliphatic heterocycles. The average Bonchev–Trinajstić information content (AvgIpc) is 2.96. The van der Waals surface area contributed by atoms with Crippen LogP contribution in [0.15, 0.2) is 48.5 Å². The highest BCUT2D eigenvalue weighted by molar-refractivity contribution is 7.16. The number of thiophene rings is 1. The van der Waals surface area contributed by atoms with Crippen LogP contribution in [0.4, 0.5) is 5.00 Å². The fourth-order valence-electron chi connectivity index (χ4n) is 2.74. The molecule has 3 rings (SSSR count). The predicted molar refractivity (Wildman–Crippen MR) is 95.2 cm³/mol. The van der Waals surface area contributed by atoms with Crippen molar-refractivity contribution in [3.8, 4) is 0 Å². The number of nitrogens with one attached hydrogen (secondary N) is 1. The van der Waals surface area contributed by atoms with E-state index in [1.165, 1.54) is 4.88 Å². The van der Waals surface area contributed by atoms with Crippen LogP contribution in [-0.4, -0.2) is 12.8 Å². The van der Waals surface area contributed by atoms with E-state index in [4.69, 9.17) is 0 Å². The highest BCUT2D eigenvalue weighted by Gasteiger charge is 2.14. The molecule has 0 radical (unpaired) electrons. The van der Waals surface area contributed by atoms with Crippen molar-refractivity contribution < 1.29 is 4.79 Å². The van der Waals surface area contributed by atoms with Crippen LogP contribution in [0, 0.1) is 0 Å². The Hall–Kier alpha value is -2.13. The van der Waals surface area contributed by atoms with Gasteiger partial charge in [-0.2, -0.15) is 0 Å². The standard InChI is InChI=1S/C19H19NOS/c1-3-15-11-14(19(20-2)22-15)12-18(21)17-10-6-8-13-7-4-5-9-16(13)17/h4-11,20H,3,12H2,1-2H3. The number of carbonyl (C=O) groups excluding carboxylic acids is 1. The molecule has 2 nitrogen and oxygen atoms in total. The van der Waals surface area contributed by atoms with E-state index in [0.717, 1.165) is 33.3 Å². The number of anilines is 1. The molecule has 0 saturated heterocycles. The first-order chi connectivity index (χ1) is 10.7. The number of hydrogen-bond acceptors (Lipinski definition) is 3. The van der Waals surface area contributed by atoms with E-state index < -0.39 is 0 Å². The SMILES string of the molecule is CCc1cc(CC(=O)c2cccc3ccccc23)c(NC)s1. The number of Topliss-reactive ketones (excluding diaryl/α,β-unsaturated/α-hetero) is 1. The molecule has 0 unspecified atom stereocenters. The molecule has 0 fully saturated rings. The fourth-order valence-corrected chi connectivity index (χ4v) is 3.71. The van der Waals surface area contributed by atoms with Crippen LogP contribution >= 0.6 is 11.3 Å². The Kier molecular flexibility index (Phi) is 4.25. The Morgan fingerprint density at radius 3 is 2.68 bits per heavy atom. The maximum absolute atomic E-state index is 12.8. The molecule has 1 N–H and O–H groups in total. The van der Waals surface area contributed by atoms with Crippen LogP contribution in [0.25, 0.3) is 10.8 Å². The molecule has 0 aliphatic rings. The molecular weight excluding hydrogens is 290 g/mol. The largest absolute Gasteiger partial charge is 0.380 e. The monoisotopic (exact) mass is 309 g/mol. The van der Waals surface area contributed by atoms with E-state index in [2.05, 4.69) is 18.3 Å². The van der Waals surface area contributed by atoms with Gasteiger partial charge in [0, 0.05) is 23.9 Å². The van der Waals surface area contributed by atoms with Crippen molar-refractivity contribution >= 4 is 32.9 Å². The van der Waals surface area contributed by atoms with Crippen LogP contribution in [-0.2, 0) is 12.8 Å². The summed E-state index contributed by atoms with van der Waals surface area (Å²) in [6.45, 7) is 2.14. The van der Waals surface area contributed by atoms with E-state index in [0.29, 0.717) is 6.42 Å². The van der Waals surface area contributed by atoms with Crippen molar-refractivity contribution in [2.75, 3.05) is 12.4 Å². The summed E-state index contributed by atoms with van der Waals surface area (Å²) in [7, 11) is 1.91. The summed E-state index contributed by atoms with van der Waals surface area (Å²) in [5.74, 6) is 0.175. The van der Waals surface area contributed by atoms with Crippen LogP contribution in [0.5, 0.6) is 0 Å². The molecule has 3 aromatic rings. The third-order valence-corrected chi connectivity index (χ3v) is 5.22. The van der Waals surface area contributed by atoms with E-state index in [1.807, 2.05) is 49.5 Å². The topological polar surface area (TPSA) is 29.1 Å². The molecule has 1 aromatic heterocycles. The zero-order valence-corrected chi connectivity index (χ0v) is 13.7. The lowest BCUT2D eigenvalue weighted by molar-refractivity contribution is 0.0995. The highest BCUT2D eigenvalue weighted by Crippen LogP contribution is 2.30. The van der Waals surface area contributed by atoms with Gasteiger partial charge in [0.25, 0.3) is 0 Å². The second kappa shape index (κ2) is 6.32. The van der Waals surface area contributed by atoms with Gasteiger partial charge < -0.3 is 5.32 Å². The summed E-state index contributed by atoms with van der Waals surface area (Å²) in [5, 5.41) is 6.46. The lowest BCUT2D eigenvalue weighted by Gasteiger charge is -2.06. The normalized spacial score (nSPS) is 10.8. The molecule has 1 heterocycles. The molecule has 0 spiro atoms.